The molecule has 0 bridgehead atoms. The molecule has 0 N–H and O–H groups in total. The van der Waals surface area contributed by atoms with Crippen molar-refractivity contribution in [2.24, 2.45) is 0 Å². The molecule has 0 aromatic carbocycles. The number of rotatable bonds is 4. The average Bonchev–Trinajstić information content (AvgIpc) is 3.13. The molecule has 0 atom stereocenters. The molecule has 2 aliphatic heterocycles. The number of carbonyl (C=O) groups excluding carboxylic acids is 1. The third kappa shape index (κ3) is 3.78. The summed E-state index contributed by atoms with van der Waals surface area (Å²) in [6.07, 6.45) is 1.38. The largest absolute Gasteiger partial charge is 0.381 e. The van der Waals surface area contributed by atoms with Crippen LogP contribution in [-0.2, 0) is 22.5 Å². The number of amides is 1. The number of alkyl halides is 2. The lowest BCUT2D eigenvalue weighted by Gasteiger charge is -2.29. The SMILES string of the molecule is CC(=O)N1CCc2c(c(N(C)c3cc(C(F)F)c(C)cn3)nn2C2CCOCC2)C1. The number of pyridine rings is 1. The van der Waals surface area contributed by atoms with E-state index in [4.69, 9.17) is 9.84 Å². The fourth-order valence-corrected chi connectivity index (χ4v) is 4.25. The van der Waals surface area contributed by atoms with Crippen molar-refractivity contribution < 1.29 is 18.3 Å². The topological polar surface area (TPSA) is 63.5 Å². The zero-order chi connectivity index (χ0) is 21.4. The van der Waals surface area contributed by atoms with Gasteiger partial charge in [0, 0.05) is 63.2 Å². The molecule has 9 heteroatoms. The number of aromatic nitrogens is 3. The van der Waals surface area contributed by atoms with E-state index in [9.17, 15) is 13.6 Å². The van der Waals surface area contributed by atoms with Gasteiger partial charge in [0.25, 0.3) is 6.43 Å². The molecule has 7 nitrogen and oxygen atoms in total. The Bertz CT molecular complexity index is 940. The summed E-state index contributed by atoms with van der Waals surface area (Å²) < 4.78 is 34.4. The molecule has 2 aliphatic rings. The molecule has 30 heavy (non-hydrogen) atoms. The number of carbonyl (C=O) groups is 1. The maximum absolute atomic E-state index is 13.4. The Balaban J connectivity index is 1.76. The zero-order valence-electron chi connectivity index (χ0n) is 17.6. The third-order valence-electron chi connectivity index (χ3n) is 6.07. The van der Waals surface area contributed by atoms with Crippen LogP contribution in [0.4, 0.5) is 20.4 Å². The minimum atomic E-state index is -2.57. The van der Waals surface area contributed by atoms with Crippen molar-refractivity contribution >= 4 is 17.5 Å². The molecule has 162 valence electrons. The number of ether oxygens (including phenoxy) is 1. The summed E-state index contributed by atoms with van der Waals surface area (Å²) in [6, 6.07) is 1.66. The van der Waals surface area contributed by atoms with Crippen molar-refractivity contribution in [2.75, 3.05) is 31.7 Å². The van der Waals surface area contributed by atoms with Crippen molar-refractivity contribution in [1.29, 1.82) is 0 Å². The number of hydrogen-bond acceptors (Lipinski definition) is 5. The van der Waals surface area contributed by atoms with Crippen molar-refractivity contribution in [3.8, 4) is 0 Å². The highest BCUT2D eigenvalue weighted by Gasteiger charge is 2.31. The van der Waals surface area contributed by atoms with Crippen LogP contribution in [0, 0.1) is 6.92 Å². The summed E-state index contributed by atoms with van der Waals surface area (Å²) in [4.78, 5) is 19.9. The number of halogens is 2. The van der Waals surface area contributed by atoms with Gasteiger partial charge in [-0.1, -0.05) is 0 Å². The Labute approximate surface area is 174 Å². The van der Waals surface area contributed by atoms with Gasteiger partial charge in [0.15, 0.2) is 5.82 Å². The molecule has 1 saturated heterocycles. The van der Waals surface area contributed by atoms with Gasteiger partial charge in [-0.3, -0.25) is 9.48 Å². The molecular weight excluding hydrogens is 392 g/mol. The van der Waals surface area contributed by atoms with Gasteiger partial charge in [-0.25, -0.2) is 13.8 Å². The van der Waals surface area contributed by atoms with Crippen LogP contribution < -0.4 is 4.90 Å². The lowest BCUT2D eigenvalue weighted by Crippen LogP contribution is -2.35. The van der Waals surface area contributed by atoms with Crippen LogP contribution in [0.5, 0.6) is 0 Å². The molecule has 1 amide bonds. The Morgan fingerprint density at radius 1 is 1.33 bits per heavy atom. The number of anilines is 2. The Morgan fingerprint density at radius 3 is 2.73 bits per heavy atom. The van der Waals surface area contributed by atoms with Gasteiger partial charge in [-0.05, 0) is 31.4 Å². The van der Waals surface area contributed by atoms with Crippen LogP contribution in [0.1, 0.15) is 54.6 Å². The molecule has 0 spiro atoms. The smallest absolute Gasteiger partial charge is 0.264 e. The molecule has 4 heterocycles. The molecule has 0 radical (unpaired) electrons. The predicted octanol–water partition coefficient (Wildman–Crippen LogP) is 3.55. The number of aryl methyl sites for hydroxylation is 1. The summed E-state index contributed by atoms with van der Waals surface area (Å²) in [5.41, 5.74) is 2.50. The lowest BCUT2D eigenvalue weighted by atomic mass is 10.0. The summed E-state index contributed by atoms with van der Waals surface area (Å²) in [6.45, 7) is 5.70. The summed E-state index contributed by atoms with van der Waals surface area (Å²) in [7, 11) is 1.79. The van der Waals surface area contributed by atoms with Crippen LogP contribution in [0.2, 0.25) is 0 Å². The normalized spacial score (nSPS) is 17.3. The van der Waals surface area contributed by atoms with E-state index in [0.717, 1.165) is 30.5 Å². The molecule has 2 aromatic heterocycles. The fraction of sp³-hybridized carbons (Fsp3) is 0.571. The first-order chi connectivity index (χ1) is 14.4. The highest BCUT2D eigenvalue weighted by molar-refractivity contribution is 5.74. The van der Waals surface area contributed by atoms with Crippen molar-refractivity contribution in [2.45, 2.75) is 52.1 Å². The monoisotopic (exact) mass is 419 g/mol. The van der Waals surface area contributed by atoms with Crippen LogP contribution in [0.15, 0.2) is 12.3 Å². The summed E-state index contributed by atoms with van der Waals surface area (Å²) >= 11 is 0. The maximum atomic E-state index is 13.4. The second-order valence-corrected chi connectivity index (χ2v) is 7.99. The van der Waals surface area contributed by atoms with Crippen molar-refractivity contribution in [3.63, 3.8) is 0 Å². The standard InChI is InChI=1S/C21H27F2N5O2/c1-13-11-24-19(10-16(13)20(22)23)26(3)21-17-12-27(14(2)29)7-4-18(17)28(25-21)15-5-8-30-9-6-15/h10-11,15,20H,4-9,12H2,1-3H3. The number of hydrogen-bond donors (Lipinski definition) is 0. The van der Waals surface area contributed by atoms with Crippen LogP contribution in [-0.4, -0.2) is 52.4 Å². The fourth-order valence-electron chi connectivity index (χ4n) is 4.25. The van der Waals surface area contributed by atoms with Crippen LogP contribution in [0.3, 0.4) is 0 Å². The van der Waals surface area contributed by atoms with E-state index in [1.54, 1.807) is 30.7 Å². The number of nitrogens with zero attached hydrogens (tertiary/aromatic N) is 5. The van der Waals surface area contributed by atoms with E-state index < -0.39 is 6.43 Å². The minimum Gasteiger partial charge on any atom is -0.381 e. The van der Waals surface area contributed by atoms with E-state index in [1.165, 1.54) is 12.3 Å². The van der Waals surface area contributed by atoms with Crippen LogP contribution >= 0.6 is 0 Å². The second kappa shape index (κ2) is 8.29. The first-order valence-corrected chi connectivity index (χ1v) is 10.3. The Kier molecular flexibility index (Phi) is 5.73. The van der Waals surface area contributed by atoms with Gasteiger partial charge >= 0.3 is 0 Å². The van der Waals surface area contributed by atoms with E-state index in [2.05, 4.69) is 9.67 Å². The third-order valence-corrected chi connectivity index (χ3v) is 6.07. The quantitative estimate of drug-likeness (QED) is 0.759. The summed E-state index contributed by atoms with van der Waals surface area (Å²) in [5, 5.41) is 4.90. The average molecular weight is 419 g/mol. The molecular formula is C21H27F2N5O2. The van der Waals surface area contributed by atoms with E-state index >= 15 is 0 Å². The van der Waals surface area contributed by atoms with Crippen LogP contribution in [0.25, 0.3) is 0 Å². The molecule has 0 saturated carbocycles. The maximum Gasteiger partial charge on any atom is 0.264 e. The minimum absolute atomic E-state index is 0.0153. The van der Waals surface area contributed by atoms with Gasteiger partial charge in [0.2, 0.25) is 5.91 Å². The van der Waals surface area contributed by atoms with E-state index in [1.807, 2.05) is 0 Å². The first kappa shape index (κ1) is 20.7. The Morgan fingerprint density at radius 2 is 2.07 bits per heavy atom. The molecule has 0 unspecified atom stereocenters. The highest BCUT2D eigenvalue weighted by Crippen LogP contribution is 2.36. The second-order valence-electron chi connectivity index (χ2n) is 7.99. The highest BCUT2D eigenvalue weighted by atomic mass is 19.3. The van der Waals surface area contributed by atoms with Gasteiger partial charge < -0.3 is 14.5 Å². The molecule has 2 aromatic rings. The lowest BCUT2D eigenvalue weighted by molar-refractivity contribution is -0.129. The van der Waals surface area contributed by atoms with E-state index in [0.29, 0.717) is 43.5 Å². The van der Waals surface area contributed by atoms with Gasteiger partial charge in [0.05, 0.1) is 12.6 Å². The summed E-state index contributed by atoms with van der Waals surface area (Å²) in [5.74, 6) is 1.09. The molecule has 0 aliphatic carbocycles. The van der Waals surface area contributed by atoms with Crippen molar-refractivity contribution in [1.82, 2.24) is 19.7 Å². The predicted molar refractivity (Wildman–Crippen MR) is 108 cm³/mol. The molecule has 1 fully saturated rings. The van der Waals surface area contributed by atoms with Gasteiger partial charge in [-0.2, -0.15) is 5.10 Å². The van der Waals surface area contributed by atoms with Crippen molar-refractivity contribution in [3.05, 3.63) is 34.6 Å². The van der Waals surface area contributed by atoms with Gasteiger partial charge in [0.1, 0.15) is 5.82 Å². The first-order valence-electron chi connectivity index (χ1n) is 10.3. The number of fused-ring (bicyclic) bond motifs is 1. The Hall–Kier alpha value is -2.55. The van der Waals surface area contributed by atoms with E-state index in [-0.39, 0.29) is 17.5 Å². The molecule has 4 rings (SSSR count). The zero-order valence-corrected chi connectivity index (χ0v) is 17.6. The van der Waals surface area contributed by atoms with Gasteiger partial charge in [-0.15, -0.1) is 0 Å².